The molecule has 0 bridgehead atoms. The van der Waals surface area contributed by atoms with E-state index in [2.05, 4.69) is 5.32 Å². The summed E-state index contributed by atoms with van der Waals surface area (Å²) in [6.07, 6.45) is 0. The SMILES string of the molecule is CCNC(C)c1ccc(F)cc1OCC(Cl)=CCl. The van der Waals surface area contributed by atoms with Crippen molar-refractivity contribution in [1.82, 2.24) is 5.32 Å². The van der Waals surface area contributed by atoms with Gasteiger partial charge in [-0.15, -0.1) is 0 Å². The quantitative estimate of drug-likeness (QED) is 0.848. The van der Waals surface area contributed by atoms with E-state index in [1.165, 1.54) is 17.7 Å². The molecule has 0 heterocycles. The molecule has 2 nitrogen and oxygen atoms in total. The molecule has 0 spiro atoms. The van der Waals surface area contributed by atoms with Crippen molar-refractivity contribution < 1.29 is 9.13 Å². The predicted octanol–water partition coefficient (Wildman–Crippen LogP) is 4.19. The van der Waals surface area contributed by atoms with E-state index >= 15 is 0 Å². The Balaban J connectivity index is 2.89. The molecule has 1 aromatic rings. The molecule has 0 aliphatic heterocycles. The first kappa shape index (κ1) is 15.3. The van der Waals surface area contributed by atoms with Crippen molar-refractivity contribution in [1.29, 1.82) is 0 Å². The van der Waals surface area contributed by atoms with E-state index in [0.29, 0.717) is 10.8 Å². The molecule has 0 aliphatic rings. The molecule has 1 unspecified atom stereocenters. The molecule has 100 valence electrons. The zero-order chi connectivity index (χ0) is 13.5. The van der Waals surface area contributed by atoms with E-state index in [0.717, 1.165) is 12.1 Å². The van der Waals surface area contributed by atoms with E-state index in [1.54, 1.807) is 6.07 Å². The largest absolute Gasteiger partial charge is 0.488 e. The highest BCUT2D eigenvalue weighted by atomic mass is 35.5. The lowest BCUT2D eigenvalue weighted by Gasteiger charge is -2.17. The van der Waals surface area contributed by atoms with E-state index in [9.17, 15) is 4.39 Å². The summed E-state index contributed by atoms with van der Waals surface area (Å²) >= 11 is 11.2. The van der Waals surface area contributed by atoms with Crippen molar-refractivity contribution in [3.8, 4) is 5.75 Å². The number of hydrogen-bond donors (Lipinski definition) is 1. The molecule has 5 heteroatoms. The maximum atomic E-state index is 13.2. The van der Waals surface area contributed by atoms with Crippen LogP contribution in [-0.4, -0.2) is 13.2 Å². The van der Waals surface area contributed by atoms with Gasteiger partial charge in [0, 0.05) is 23.2 Å². The molecule has 1 rings (SSSR count). The topological polar surface area (TPSA) is 21.3 Å². The Bertz CT molecular complexity index is 423. The highest BCUT2D eigenvalue weighted by Gasteiger charge is 2.12. The van der Waals surface area contributed by atoms with Gasteiger partial charge in [0.2, 0.25) is 0 Å². The first-order chi connectivity index (χ1) is 8.58. The van der Waals surface area contributed by atoms with Gasteiger partial charge in [0.1, 0.15) is 18.2 Å². The van der Waals surface area contributed by atoms with E-state index in [1.807, 2.05) is 13.8 Å². The van der Waals surface area contributed by atoms with Crippen LogP contribution in [-0.2, 0) is 0 Å². The van der Waals surface area contributed by atoms with Gasteiger partial charge in [-0.25, -0.2) is 4.39 Å². The lowest BCUT2D eigenvalue weighted by Crippen LogP contribution is -2.18. The van der Waals surface area contributed by atoms with Crippen molar-refractivity contribution in [2.75, 3.05) is 13.2 Å². The molecule has 0 fully saturated rings. The second-order valence-corrected chi connectivity index (χ2v) is 4.51. The number of rotatable bonds is 6. The van der Waals surface area contributed by atoms with Crippen LogP contribution in [0.4, 0.5) is 4.39 Å². The minimum atomic E-state index is -0.344. The molecule has 0 saturated heterocycles. The Kier molecular flexibility index (Phi) is 6.47. The maximum absolute atomic E-state index is 13.2. The molecule has 0 amide bonds. The van der Waals surface area contributed by atoms with E-state index in [4.69, 9.17) is 27.9 Å². The minimum Gasteiger partial charge on any atom is -0.488 e. The van der Waals surface area contributed by atoms with Crippen LogP contribution in [0.15, 0.2) is 28.8 Å². The van der Waals surface area contributed by atoms with Gasteiger partial charge in [-0.3, -0.25) is 0 Å². The summed E-state index contributed by atoms with van der Waals surface area (Å²) in [4.78, 5) is 0. The van der Waals surface area contributed by atoms with Gasteiger partial charge in [0.25, 0.3) is 0 Å². The molecule has 0 saturated carbocycles. The van der Waals surface area contributed by atoms with Gasteiger partial charge < -0.3 is 10.1 Å². The second-order valence-electron chi connectivity index (χ2n) is 3.81. The zero-order valence-electron chi connectivity index (χ0n) is 10.3. The van der Waals surface area contributed by atoms with Crippen LogP contribution >= 0.6 is 23.2 Å². The highest BCUT2D eigenvalue weighted by molar-refractivity contribution is 6.36. The molecule has 1 atom stereocenters. The smallest absolute Gasteiger partial charge is 0.127 e. The van der Waals surface area contributed by atoms with Gasteiger partial charge in [0.15, 0.2) is 0 Å². The molecular formula is C13H16Cl2FNO. The summed E-state index contributed by atoms with van der Waals surface area (Å²) in [7, 11) is 0. The Morgan fingerprint density at radius 2 is 2.28 bits per heavy atom. The van der Waals surface area contributed by atoms with Crippen LogP contribution in [0, 0.1) is 5.82 Å². The Hall–Kier alpha value is -0.770. The average molecular weight is 292 g/mol. The standard InChI is InChI=1S/C13H16Cl2FNO/c1-3-17-9(2)12-5-4-11(16)6-13(12)18-8-10(15)7-14/h4-7,9,17H,3,8H2,1-2H3. The summed E-state index contributed by atoms with van der Waals surface area (Å²) in [5, 5.41) is 3.61. The minimum absolute atomic E-state index is 0.0735. The van der Waals surface area contributed by atoms with Crippen LogP contribution < -0.4 is 10.1 Å². The maximum Gasteiger partial charge on any atom is 0.127 e. The monoisotopic (exact) mass is 291 g/mol. The third-order valence-corrected chi connectivity index (χ3v) is 3.03. The summed E-state index contributed by atoms with van der Waals surface area (Å²) in [5.41, 5.74) is 2.12. The fourth-order valence-electron chi connectivity index (χ4n) is 1.59. The van der Waals surface area contributed by atoms with Crippen molar-refractivity contribution >= 4 is 23.2 Å². The van der Waals surface area contributed by atoms with Crippen molar-refractivity contribution in [2.45, 2.75) is 19.9 Å². The number of ether oxygens (including phenoxy) is 1. The van der Waals surface area contributed by atoms with Crippen molar-refractivity contribution in [3.63, 3.8) is 0 Å². The van der Waals surface area contributed by atoms with E-state index < -0.39 is 0 Å². The first-order valence-electron chi connectivity index (χ1n) is 5.68. The molecule has 0 radical (unpaired) electrons. The molecular weight excluding hydrogens is 276 g/mol. The third kappa shape index (κ3) is 4.48. The van der Waals surface area contributed by atoms with Crippen molar-refractivity contribution in [2.24, 2.45) is 0 Å². The number of nitrogens with one attached hydrogen (secondary N) is 1. The van der Waals surface area contributed by atoms with Gasteiger partial charge in [-0.05, 0) is 19.5 Å². The third-order valence-electron chi connectivity index (χ3n) is 2.44. The van der Waals surface area contributed by atoms with Gasteiger partial charge >= 0.3 is 0 Å². The van der Waals surface area contributed by atoms with Crippen molar-refractivity contribution in [3.05, 3.63) is 40.1 Å². The lowest BCUT2D eigenvalue weighted by molar-refractivity contribution is 0.348. The lowest BCUT2D eigenvalue weighted by atomic mass is 10.1. The van der Waals surface area contributed by atoms with Crippen LogP contribution in [0.5, 0.6) is 5.75 Å². The zero-order valence-corrected chi connectivity index (χ0v) is 11.9. The molecule has 1 N–H and O–H groups in total. The fraction of sp³-hybridized carbons (Fsp3) is 0.385. The molecule has 0 aromatic heterocycles. The second kappa shape index (κ2) is 7.62. The highest BCUT2D eigenvalue weighted by Crippen LogP contribution is 2.26. The summed E-state index contributed by atoms with van der Waals surface area (Å²) in [5.74, 6) is 0.128. The van der Waals surface area contributed by atoms with Gasteiger partial charge in [0.05, 0.1) is 5.03 Å². The fourth-order valence-corrected chi connectivity index (χ4v) is 1.70. The van der Waals surface area contributed by atoms with Gasteiger partial charge in [-0.2, -0.15) is 0 Å². The normalized spacial score (nSPS) is 13.5. The first-order valence-corrected chi connectivity index (χ1v) is 6.50. The number of halogens is 3. The Morgan fingerprint density at radius 1 is 1.56 bits per heavy atom. The van der Waals surface area contributed by atoms with Crippen LogP contribution in [0.1, 0.15) is 25.5 Å². The van der Waals surface area contributed by atoms with Gasteiger partial charge in [-0.1, -0.05) is 36.2 Å². The van der Waals surface area contributed by atoms with Crippen LogP contribution in [0.2, 0.25) is 0 Å². The van der Waals surface area contributed by atoms with E-state index in [-0.39, 0.29) is 18.5 Å². The summed E-state index contributed by atoms with van der Waals surface area (Å²) < 4.78 is 18.7. The molecule has 18 heavy (non-hydrogen) atoms. The average Bonchev–Trinajstić information content (AvgIpc) is 2.36. The van der Waals surface area contributed by atoms with Crippen LogP contribution in [0.3, 0.4) is 0 Å². The number of hydrogen-bond acceptors (Lipinski definition) is 2. The Morgan fingerprint density at radius 3 is 2.89 bits per heavy atom. The predicted molar refractivity (Wildman–Crippen MR) is 73.8 cm³/mol. The molecule has 1 aromatic carbocycles. The Labute approximate surface area is 117 Å². The van der Waals surface area contributed by atoms with Crippen LogP contribution in [0.25, 0.3) is 0 Å². The molecule has 0 aliphatic carbocycles. The summed E-state index contributed by atoms with van der Waals surface area (Å²) in [6.45, 7) is 4.94. The summed E-state index contributed by atoms with van der Waals surface area (Å²) in [6, 6.07) is 4.54. The number of benzene rings is 1.